The SMILES string of the molecule is Cc1ccccc1C1SC=Cc2ccccc21. The van der Waals surface area contributed by atoms with E-state index in [-0.39, 0.29) is 0 Å². The highest BCUT2D eigenvalue weighted by Crippen LogP contribution is 2.42. The second-order valence-corrected chi connectivity index (χ2v) is 5.32. The van der Waals surface area contributed by atoms with Crippen molar-refractivity contribution in [1.29, 1.82) is 0 Å². The van der Waals surface area contributed by atoms with E-state index in [4.69, 9.17) is 0 Å². The largest absolute Gasteiger partial charge is 0.121 e. The first-order chi connectivity index (χ1) is 8.36. The van der Waals surface area contributed by atoms with Crippen LogP contribution in [0.25, 0.3) is 6.08 Å². The predicted octanol–water partition coefficient (Wildman–Crippen LogP) is 4.80. The Morgan fingerprint density at radius 3 is 2.41 bits per heavy atom. The van der Waals surface area contributed by atoms with Gasteiger partial charge in [-0.2, -0.15) is 0 Å². The molecule has 3 rings (SSSR count). The smallest absolute Gasteiger partial charge is 0.0596 e. The van der Waals surface area contributed by atoms with Gasteiger partial charge in [-0.1, -0.05) is 48.5 Å². The van der Waals surface area contributed by atoms with Gasteiger partial charge in [0.05, 0.1) is 5.25 Å². The van der Waals surface area contributed by atoms with Crippen LogP contribution in [0.4, 0.5) is 0 Å². The van der Waals surface area contributed by atoms with E-state index in [0.717, 1.165) is 0 Å². The average molecular weight is 238 g/mol. The van der Waals surface area contributed by atoms with Gasteiger partial charge in [0, 0.05) is 0 Å². The molecule has 84 valence electrons. The molecule has 0 saturated heterocycles. The number of hydrogen-bond donors (Lipinski definition) is 0. The van der Waals surface area contributed by atoms with Crippen molar-refractivity contribution in [2.75, 3.05) is 0 Å². The van der Waals surface area contributed by atoms with Gasteiger partial charge in [-0.25, -0.2) is 0 Å². The van der Waals surface area contributed by atoms with Gasteiger partial charge in [0.25, 0.3) is 0 Å². The Bertz CT molecular complexity index is 569. The standard InChI is InChI=1S/C16H14S/c1-12-6-2-4-8-14(12)16-15-9-5-3-7-13(15)10-11-17-16/h2-11,16H,1H3. The van der Waals surface area contributed by atoms with Crippen molar-refractivity contribution in [1.82, 2.24) is 0 Å². The summed E-state index contributed by atoms with van der Waals surface area (Å²) in [7, 11) is 0. The number of benzene rings is 2. The van der Waals surface area contributed by atoms with E-state index < -0.39 is 0 Å². The lowest BCUT2D eigenvalue weighted by Crippen LogP contribution is -2.02. The molecule has 17 heavy (non-hydrogen) atoms. The second-order valence-electron chi connectivity index (χ2n) is 4.30. The molecule has 0 amide bonds. The number of aryl methyl sites for hydroxylation is 1. The van der Waals surface area contributed by atoms with Crippen LogP contribution in [-0.4, -0.2) is 0 Å². The summed E-state index contributed by atoms with van der Waals surface area (Å²) in [6.45, 7) is 2.19. The van der Waals surface area contributed by atoms with Crippen molar-refractivity contribution < 1.29 is 0 Å². The number of fused-ring (bicyclic) bond motifs is 1. The van der Waals surface area contributed by atoms with E-state index in [2.05, 4.69) is 66.9 Å². The highest BCUT2D eigenvalue weighted by atomic mass is 32.2. The molecule has 0 N–H and O–H groups in total. The minimum Gasteiger partial charge on any atom is -0.121 e. The van der Waals surface area contributed by atoms with Crippen LogP contribution in [0, 0.1) is 6.92 Å². The molecule has 0 bridgehead atoms. The maximum Gasteiger partial charge on any atom is 0.0596 e. The van der Waals surface area contributed by atoms with Gasteiger partial charge in [-0.05, 0) is 40.7 Å². The van der Waals surface area contributed by atoms with Gasteiger partial charge in [0.15, 0.2) is 0 Å². The van der Waals surface area contributed by atoms with Gasteiger partial charge < -0.3 is 0 Å². The lowest BCUT2D eigenvalue weighted by atomic mass is 9.96. The van der Waals surface area contributed by atoms with Crippen LogP contribution in [0.15, 0.2) is 53.9 Å². The molecular formula is C16H14S. The van der Waals surface area contributed by atoms with Crippen molar-refractivity contribution in [3.63, 3.8) is 0 Å². The molecule has 0 saturated carbocycles. The fourth-order valence-corrected chi connectivity index (χ4v) is 3.44. The minimum atomic E-state index is 0.442. The van der Waals surface area contributed by atoms with Gasteiger partial charge in [-0.15, -0.1) is 11.8 Å². The highest BCUT2D eigenvalue weighted by molar-refractivity contribution is 8.02. The Hall–Kier alpha value is -1.47. The number of thioether (sulfide) groups is 1. The first-order valence-electron chi connectivity index (χ1n) is 5.83. The number of rotatable bonds is 1. The zero-order chi connectivity index (χ0) is 11.7. The molecule has 0 radical (unpaired) electrons. The Balaban J connectivity index is 2.12. The lowest BCUT2D eigenvalue weighted by molar-refractivity contribution is 1.12. The van der Waals surface area contributed by atoms with Crippen LogP contribution < -0.4 is 0 Å². The van der Waals surface area contributed by atoms with E-state index in [1.54, 1.807) is 0 Å². The summed E-state index contributed by atoms with van der Waals surface area (Å²) < 4.78 is 0. The van der Waals surface area contributed by atoms with Gasteiger partial charge in [-0.3, -0.25) is 0 Å². The van der Waals surface area contributed by atoms with Gasteiger partial charge in [0.2, 0.25) is 0 Å². The van der Waals surface area contributed by atoms with Crippen LogP contribution in [0.3, 0.4) is 0 Å². The average Bonchev–Trinajstić information content (AvgIpc) is 2.39. The van der Waals surface area contributed by atoms with Crippen LogP contribution in [0.5, 0.6) is 0 Å². The molecule has 1 atom stereocenters. The van der Waals surface area contributed by atoms with Gasteiger partial charge >= 0.3 is 0 Å². The molecule has 1 unspecified atom stereocenters. The van der Waals surface area contributed by atoms with Crippen molar-refractivity contribution in [3.05, 3.63) is 76.2 Å². The topological polar surface area (TPSA) is 0 Å². The minimum absolute atomic E-state index is 0.442. The van der Waals surface area contributed by atoms with Crippen LogP contribution in [0.1, 0.15) is 27.5 Å². The quantitative estimate of drug-likeness (QED) is 0.687. The molecule has 1 aliphatic heterocycles. The summed E-state index contributed by atoms with van der Waals surface area (Å²) in [6, 6.07) is 17.3. The maximum atomic E-state index is 2.24. The zero-order valence-corrected chi connectivity index (χ0v) is 10.6. The first-order valence-corrected chi connectivity index (χ1v) is 6.77. The third-order valence-electron chi connectivity index (χ3n) is 3.21. The van der Waals surface area contributed by atoms with E-state index in [1.165, 1.54) is 22.3 Å². The van der Waals surface area contributed by atoms with E-state index >= 15 is 0 Å². The Labute approximate surface area is 106 Å². The normalized spacial score (nSPS) is 17.8. The fraction of sp³-hybridized carbons (Fsp3) is 0.125. The van der Waals surface area contributed by atoms with E-state index in [9.17, 15) is 0 Å². The molecular weight excluding hydrogens is 224 g/mol. The molecule has 0 nitrogen and oxygen atoms in total. The molecule has 2 aromatic rings. The van der Waals surface area contributed by atoms with Gasteiger partial charge in [0.1, 0.15) is 0 Å². The van der Waals surface area contributed by atoms with Crippen LogP contribution in [0.2, 0.25) is 0 Å². The summed E-state index contributed by atoms with van der Waals surface area (Å²) in [6.07, 6.45) is 2.20. The lowest BCUT2D eigenvalue weighted by Gasteiger charge is -2.22. The Morgan fingerprint density at radius 1 is 0.882 bits per heavy atom. The fourth-order valence-electron chi connectivity index (χ4n) is 2.29. The Morgan fingerprint density at radius 2 is 1.59 bits per heavy atom. The molecule has 1 heteroatoms. The van der Waals surface area contributed by atoms with Crippen molar-refractivity contribution in [2.24, 2.45) is 0 Å². The summed E-state index contributed by atoms with van der Waals surface area (Å²) >= 11 is 1.89. The summed E-state index contributed by atoms with van der Waals surface area (Å²) in [5.74, 6) is 0. The molecule has 0 spiro atoms. The third-order valence-corrected chi connectivity index (χ3v) is 4.28. The van der Waals surface area contributed by atoms with Crippen molar-refractivity contribution >= 4 is 17.8 Å². The molecule has 1 aliphatic rings. The third kappa shape index (κ3) is 1.91. The Kier molecular flexibility index (Phi) is 2.77. The first kappa shape index (κ1) is 10.7. The summed E-state index contributed by atoms with van der Waals surface area (Å²) in [5, 5.41) is 2.65. The maximum absolute atomic E-state index is 2.24. The molecule has 0 fully saturated rings. The van der Waals surface area contributed by atoms with Crippen molar-refractivity contribution in [3.8, 4) is 0 Å². The predicted molar refractivity (Wildman–Crippen MR) is 76.1 cm³/mol. The molecule has 1 heterocycles. The molecule has 0 aromatic heterocycles. The highest BCUT2D eigenvalue weighted by Gasteiger charge is 2.20. The van der Waals surface area contributed by atoms with Crippen LogP contribution in [-0.2, 0) is 0 Å². The number of hydrogen-bond acceptors (Lipinski definition) is 1. The summed E-state index contributed by atoms with van der Waals surface area (Å²) in [5.41, 5.74) is 5.57. The monoisotopic (exact) mass is 238 g/mol. The van der Waals surface area contributed by atoms with Crippen molar-refractivity contribution in [2.45, 2.75) is 12.2 Å². The van der Waals surface area contributed by atoms with E-state index in [0.29, 0.717) is 5.25 Å². The summed E-state index contributed by atoms with van der Waals surface area (Å²) in [4.78, 5) is 0. The van der Waals surface area contributed by atoms with E-state index in [1.807, 2.05) is 11.8 Å². The second kappa shape index (κ2) is 4.42. The van der Waals surface area contributed by atoms with Crippen LogP contribution >= 0.6 is 11.8 Å². The molecule has 0 aliphatic carbocycles. The molecule has 2 aromatic carbocycles. The zero-order valence-electron chi connectivity index (χ0n) is 9.76.